The van der Waals surface area contributed by atoms with Gasteiger partial charge in [0.05, 0.1) is 12.8 Å². The first-order valence-corrected chi connectivity index (χ1v) is 8.95. The Kier molecular flexibility index (Phi) is 7.21. The highest BCUT2D eigenvalue weighted by atomic mass is 16.5. The average Bonchev–Trinajstić information content (AvgIpc) is 2.67. The molecule has 2 aromatic carbocycles. The molecule has 0 aromatic heterocycles. The SMILES string of the molecule is CCCCC(=O)Nc1ccc(NC(=O)c2ccc(CC)cc2)cc1OC. The monoisotopic (exact) mass is 354 g/mol. The van der Waals surface area contributed by atoms with Crippen LogP contribution in [0.4, 0.5) is 11.4 Å². The largest absolute Gasteiger partial charge is 0.494 e. The molecule has 26 heavy (non-hydrogen) atoms. The molecule has 138 valence electrons. The second-order valence-electron chi connectivity index (χ2n) is 6.07. The van der Waals surface area contributed by atoms with Crippen molar-refractivity contribution < 1.29 is 14.3 Å². The van der Waals surface area contributed by atoms with E-state index in [2.05, 4.69) is 17.6 Å². The van der Waals surface area contributed by atoms with E-state index < -0.39 is 0 Å². The first-order valence-electron chi connectivity index (χ1n) is 8.95. The predicted octanol–water partition coefficient (Wildman–Crippen LogP) is 4.64. The van der Waals surface area contributed by atoms with Crippen molar-refractivity contribution in [2.75, 3.05) is 17.7 Å². The molecular weight excluding hydrogens is 328 g/mol. The van der Waals surface area contributed by atoms with Gasteiger partial charge in [-0.25, -0.2) is 0 Å². The van der Waals surface area contributed by atoms with Gasteiger partial charge in [0, 0.05) is 23.7 Å². The molecule has 0 unspecified atom stereocenters. The van der Waals surface area contributed by atoms with Crippen molar-refractivity contribution in [2.24, 2.45) is 0 Å². The molecule has 0 aliphatic heterocycles. The van der Waals surface area contributed by atoms with Crippen LogP contribution in [0.15, 0.2) is 42.5 Å². The van der Waals surface area contributed by atoms with E-state index in [9.17, 15) is 9.59 Å². The van der Waals surface area contributed by atoms with Crippen LogP contribution in [0.5, 0.6) is 5.75 Å². The Morgan fingerprint density at radius 3 is 2.35 bits per heavy atom. The zero-order valence-electron chi connectivity index (χ0n) is 15.6. The van der Waals surface area contributed by atoms with Crippen LogP contribution in [0, 0.1) is 0 Å². The number of rotatable bonds is 8. The van der Waals surface area contributed by atoms with E-state index in [1.807, 2.05) is 31.2 Å². The number of hydrogen-bond donors (Lipinski definition) is 2. The first kappa shape index (κ1) is 19.5. The molecule has 2 aromatic rings. The van der Waals surface area contributed by atoms with Crippen LogP contribution in [-0.4, -0.2) is 18.9 Å². The fourth-order valence-corrected chi connectivity index (χ4v) is 2.52. The number of anilines is 2. The van der Waals surface area contributed by atoms with Crippen LogP contribution in [0.3, 0.4) is 0 Å². The maximum Gasteiger partial charge on any atom is 0.255 e. The number of aryl methyl sites for hydroxylation is 1. The number of carbonyl (C=O) groups excluding carboxylic acids is 2. The molecule has 0 saturated carbocycles. The van der Waals surface area contributed by atoms with Crippen LogP contribution in [0.1, 0.15) is 49.0 Å². The van der Waals surface area contributed by atoms with Gasteiger partial charge in [0.1, 0.15) is 5.75 Å². The molecule has 0 heterocycles. The maximum absolute atomic E-state index is 12.4. The second-order valence-corrected chi connectivity index (χ2v) is 6.07. The topological polar surface area (TPSA) is 67.4 Å². The molecule has 0 aliphatic carbocycles. The normalized spacial score (nSPS) is 10.3. The lowest BCUT2D eigenvalue weighted by molar-refractivity contribution is -0.116. The van der Waals surface area contributed by atoms with E-state index >= 15 is 0 Å². The molecule has 2 rings (SSSR count). The minimum absolute atomic E-state index is 0.0436. The van der Waals surface area contributed by atoms with Gasteiger partial charge in [-0.1, -0.05) is 32.4 Å². The first-order chi connectivity index (χ1) is 12.6. The summed E-state index contributed by atoms with van der Waals surface area (Å²) in [5.41, 5.74) is 2.99. The number of unbranched alkanes of at least 4 members (excludes halogenated alkanes) is 1. The molecule has 0 fully saturated rings. The number of methoxy groups -OCH3 is 1. The minimum Gasteiger partial charge on any atom is -0.494 e. The van der Waals surface area contributed by atoms with Gasteiger partial charge in [-0.15, -0.1) is 0 Å². The lowest BCUT2D eigenvalue weighted by Crippen LogP contribution is -2.14. The Bertz CT molecular complexity index is 754. The smallest absolute Gasteiger partial charge is 0.255 e. The van der Waals surface area contributed by atoms with Gasteiger partial charge < -0.3 is 15.4 Å². The molecule has 0 saturated heterocycles. The summed E-state index contributed by atoms with van der Waals surface area (Å²) in [6.07, 6.45) is 3.23. The molecule has 5 nitrogen and oxygen atoms in total. The van der Waals surface area contributed by atoms with Crippen LogP contribution in [-0.2, 0) is 11.2 Å². The molecule has 2 amide bonds. The summed E-state index contributed by atoms with van der Waals surface area (Å²) in [5, 5.41) is 5.70. The molecule has 0 radical (unpaired) electrons. The molecule has 0 spiro atoms. The predicted molar refractivity (Wildman–Crippen MR) is 105 cm³/mol. The third kappa shape index (κ3) is 5.34. The van der Waals surface area contributed by atoms with Gasteiger partial charge in [0.15, 0.2) is 0 Å². The summed E-state index contributed by atoms with van der Waals surface area (Å²) < 4.78 is 5.34. The number of amides is 2. The van der Waals surface area contributed by atoms with Crippen molar-refractivity contribution in [3.8, 4) is 5.75 Å². The average molecular weight is 354 g/mol. The fourth-order valence-electron chi connectivity index (χ4n) is 2.52. The van der Waals surface area contributed by atoms with E-state index in [0.29, 0.717) is 29.1 Å². The lowest BCUT2D eigenvalue weighted by atomic mass is 10.1. The molecule has 0 bridgehead atoms. The zero-order valence-corrected chi connectivity index (χ0v) is 15.6. The highest BCUT2D eigenvalue weighted by molar-refractivity contribution is 6.04. The summed E-state index contributed by atoms with van der Waals surface area (Å²) >= 11 is 0. The number of nitrogens with one attached hydrogen (secondary N) is 2. The van der Waals surface area contributed by atoms with Crippen LogP contribution in [0.25, 0.3) is 0 Å². The van der Waals surface area contributed by atoms with E-state index in [1.54, 1.807) is 18.2 Å². The van der Waals surface area contributed by atoms with E-state index in [0.717, 1.165) is 19.3 Å². The summed E-state index contributed by atoms with van der Waals surface area (Å²) in [6, 6.07) is 12.7. The van der Waals surface area contributed by atoms with Crippen molar-refractivity contribution in [2.45, 2.75) is 39.5 Å². The molecule has 0 atom stereocenters. The summed E-state index contributed by atoms with van der Waals surface area (Å²) in [4.78, 5) is 24.3. The lowest BCUT2D eigenvalue weighted by Gasteiger charge is -2.13. The number of benzene rings is 2. The number of carbonyl (C=O) groups is 2. The van der Waals surface area contributed by atoms with Gasteiger partial charge in [-0.2, -0.15) is 0 Å². The summed E-state index contributed by atoms with van der Waals surface area (Å²) in [5.74, 6) is 0.279. The quantitative estimate of drug-likeness (QED) is 0.726. The van der Waals surface area contributed by atoms with E-state index in [4.69, 9.17) is 4.74 Å². The third-order valence-corrected chi connectivity index (χ3v) is 4.12. The zero-order chi connectivity index (χ0) is 18.9. The summed E-state index contributed by atoms with van der Waals surface area (Å²) in [7, 11) is 1.53. The standard InChI is InChI=1S/C21H26N2O3/c1-4-6-7-20(24)23-18-13-12-17(14-19(18)26-3)22-21(25)16-10-8-15(5-2)9-11-16/h8-14H,4-7H2,1-3H3,(H,22,25)(H,23,24). The number of hydrogen-bond acceptors (Lipinski definition) is 3. The molecule has 0 aliphatic rings. The Morgan fingerprint density at radius 1 is 1.00 bits per heavy atom. The highest BCUT2D eigenvalue weighted by Gasteiger charge is 2.11. The van der Waals surface area contributed by atoms with Crippen molar-refractivity contribution in [1.29, 1.82) is 0 Å². The van der Waals surface area contributed by atoms with Gasteiger partial charge in [0.2, 0.25) is 5.91 Å². The fraction of sp³-hybridized carbons (Fsp3) is 0.333. The van der Waals surface area contributed by atoms with Gasteiger partial charge in [-0.05, 0) is 42.7 Å². The van der Waals surface area contributed by atoms with Gasteiger partial charge in [0.25, 0.3) is 5.91 Å². The van der Waals surface area contributed by atoms with Crippen LogP contribution >= 0.6 is 0 Å². The minimum atomic E-state index is -0.186. The van der Waals surface area contributed by atoms with Gasteiger partial charge in [-0.3, -0.25) is 9.59 Å². The molecule has 2 N–H and O–H groups in total. The Balaban J connectivity index is 2.07. The Hall–Kier alpha value is -2.82. The third-order valence-electron chi connectivity index (χ3n) is 4.12. The summed E-state index contributed by atoms with van der Waals surface area (Å²) in [6.45, 7) is 4.12. The van der Waals surface area contributed by atoms with Crippen LogP contribution < -0.4 is 15.4 Å². The highest BCUT2D eigenvalue weighted by Crippen LogP contribution is 2.28. The molecule has 5 heteroatoms. The number of ether oxygens (including phenoxy) is 1. The van der Waals surface area contributed by atoms with E-state index in [1.165, 1.54) is 12.7 Å². The second kappa shape index (κ2) is 9.61. The maximum atomic E-state index is 12.4. The van der Waals surface area contributed by atoms with Crippen molar-refractivity contribution in [1.82, 2.24) is 0 Å². The van der Waals surface area contributed by atoms with Gasteiger partial charge >= 0.3 is 0 Å². The van der Waals surface area contributed by atoms with E-state index in [-0.39, 0.29) is 11.8 Å². The Morgan fingerprint density at radius 2 is 1.73 bits per heavy atom. The van der Waals surface area contributed by atoms with Crippen LogP contribution in [0.2, 0.25) is 0 Å². The van der Waals surface area contributed by atoms with Crippen molar-refractivity contribution in [3.05, 3.63) is 53.6 Å². The van der Waals surface area contributed by atoms with Crippen molar-refractivity contribution >= 4 is 23.2 Å². The Labute approximate surface area is 154 Å². The van der Waals surface area contributed by atoms with Crippen molar-refractivity contribution in [3.63, 3.8) is 0 Å². The molecular formula is C21H26N2O3.